The second kappa shape index (κ2) is 8.57. The molecule has 1 amide bonds. The standard InChI is InChI=1S/C13H28N2O/c1-6-8-12(9-7-2)15-11(5)13(16)14-10(3)4/h10-12,15H,6-9H2,1-5H3,(H,14,16). The Bertz CT molecular complexity index is 186. The third kappa shape index (κ3) is 6.83. The van der Waals surface area contributed by atoms with Crippen molar-refractivity contribution in [2.45, 2.75) is 78.4 Å². The van der Waals surface area contributed by atoms with Gasteiger partial charge in [-0.05, 0) is 33.6 Å². The lowest BCUT2D eigenvalue weighted by molar-refractivity contribution is -0.123. The maximum Gasteiger partial charge on any atom is 0.237 e. The summed E-state index contributed by atoms with van der Waals surface area (Å²) in [6, 6.07) is 0.598. The molecule has 0 aliphatic heterocycles. The molecule has 0 heterocycles. The summed E-state index contributed by atoms with van der Waals surface area (Å²) < 4.78 is 0. The van der Waals surface area contributed by atoms with Gasteiger partial charge in [0.05, 0.1) is 6.04 Å². The number of hydrogen-bond acceptors (Lipinski definition) is 2. The first kappa shape index (κ1) is 15.4. The summed E-state index contributed by atoms with van der Waals surface area (Å²) in [4.78, 5) is 11.7. The molecule has 0 bridgehead atoms. The summed E-state index contributed by atoms with van der Waals surface area (Å²) >= 11 is 0. The Morgan fingerprint density at radius 2 is 1.56 bits per heavy atom. The molecule has 0 aromatic carbocycles. The molecule has 1 unspecified atom stereocenters. The van der Waals surface area contributed by atoms with E-state index in [-0.39, 0.29) is 18.0 Å². The van der Waals surface area contributed by atoms with Crippen LogP contribution in [0.3, 0.4) is 0 Å². The Balaban J connectivity index is 4.05. The van der Waals surface area contributed by atoms with E-state index in [2.05, 4.69) is 24.5 Å². The van der Waals surface area contributed by atoms with Crippen LogP contribution in [-0.4, -0.2) is 24.0 Å². The molecule has 0 rings (SSSR count). The molecule has 1 atom stereocenters. The molecule has 0 aromatic heterocycles. The van der Waals surface area contributed by atoms with E-state index in [4.69, 9.17) is 0 Å². The van der Waals surface area contributed by atoms with Crippen LogP contribution in [0.4, 0.5) is 0 Å². The van der Waals surface area contributed by atoms with Crippen LogP contribution in [0.2, 0.25) is 0 Å². The Morgan fingerprint density at radius 1 is 1.06 bits per heavy atom. The van der Waals surface area contributed by atoms with E-state index in [1.165, 1.54) is 0 Å². The molecule has 0 spiro atoms. The minimum absolute atomic E-state index is 0.0921. The predicted molar refractivity (Wildman–Crippen MR) is 69.5 cm³/mol. The van der Waals surface area contributed by atoms with Crippen LogP contribution in [0.5, 0.6) is 0 Å². The zero-order valence-corrected chi connectivity index (χ0v) is 11.5. The Kier molecular flexibility index (Phi) is 8.26. The fourth-order valence-electron chi connectivity index (χ4n) is 1.85. The highest BCUT2D eigenvalue weighted by Gasteiger charge is 2.17. The average molecular weight is 228 g/mol. The van der Waals surface area contributed by atoms with Gasteiger partial charge < -0.3 is 10.6 Å². The molecule has 3 heteroatoms. The number of carbonyl (C=O) groups is 1. The highest BCUT2D eigenvalue weighted by Crippen LogP contribution is 2.05. The van der Waals surface area contributed by atoms with Gasteiger partial charge in [-0.2, -0.15) is 0 Å². The van der Waals surface area contributed by atoms with E-state index >= 15 is 0 Å². The molecule has 0 aliphatic carbocycles. The largest absolute Gasteiger partial charge is 0.353 e. The average Bonchev–Trinajstić information content (AvgIpc) is 2.17. The van der Waals surface area contributed by atoms with Gasteiger partial charge in [0.15, 0.2) is 0 Å². The van der Waals surface area contributed by atoms with Gasteiger partial charge in [-0.15, -0.1) is 0 Å². The first-order valence-corrected chi connectivity index (χ1v) is 6.57. The summed E-state index contributed by atoms with van der Waals surface area (Å²) in [5, 5.41) is 6.34. The van der Waals surface area contributed by atoms with Crippen LogP contribution < -0.4 is 10.6 Å². The van der Waals surface area contributed by atoms with E-state index in [0.717, 1.165) is 25.7 Å². The van der Waals surface area contributed by atoms with Crippen molar-refractivity contribution in [3.63, 3.8) is 0 Å². The van der Waals surface area contributed by atoms with Crippen LogP contribution in [0, 0.1) is 0 Å². The van der Waals surface area contributed by atoms with Crippen molar-refractivity contribution < 1.29 is 4.79 Å². The lowest BCUT2D eigenvalue weighted by Gasteiger charge is -2.23. The molecule has 2 N–H and O–H groups in total. The van der Waals surface area contributed by atoms with E-state index in [1.807, 2.05) is 20.8 Å². The Morgan fingerprint density at radius 3 is 1.94 bits per heavy atom. The summed E-state index contributed by atoms with van der Waals surface area (Å²) in [6.45, 7) is 10.3. The summed E-state index contributed by atoms with van der Waals surface area (Å²) in [6.07, 6.45) is 4.62. The van der Waals surface area contributed by atoms with Crippen molar-refractivity contribution in [2.75, 3.05) is 0 Å². The molecular formula is C13H28N2O. The summed E-state index contributed by atoms with van der Waals surface area (Å²) in [7, 11) is 0. The molecule has 0 aliphatic rings. The van der Waals surface area contributed by atoms with Gasteiger partial charge in [-0.1, -0.05) is 26.7 Å². The topological polar surface area (TPSA) is 41.1 Å². The highest BCUT2D eigenvalue weighted by atomic mass is 16.2. The van der Waals surface area contributed by atoms with Gasteiger partial charge in [0.2, 0.25) is 5.91 Å². The monoisotopic (exact) mass is 228 g/mol. The van der Waals surface area contributed by atoms with Crippen LogP contribution in [0.25, 0.3) is 0 Å². The predicted octanol–water partition coefficient (Wildman–Crippen LogP) is 2.46. The van der Waals surface area contributed by atoms with Gasteiger partial charge in [0.1, 0.15) is 0 Å². The van der Waals surface area contributed by atoms with Gasteiger partial charge in [-0.3, -0.25) is 4.79 Å². The third-order valence-corrected chi connectivity index (χ3v) is 2.58. The van der Waals surface area contributed by atoms with Gasteiger partial charge in [0.25, 0.3) is 0 Å². The zero-order valence-electron chi connectivity index (χ0n) is 11.5. The second-order valence-corrected chi connectivity index (χ2v) is 4.83. The quantitative estimate of drug-likeness (QED) is 0.670. The van der Waals surface area contributed by atoms with Crippen LogP contribution in [0.1, 0.15) is 60.3 Å². The zero-order chi connectivity index (χ0) is 12.6. The number of hydrogen-bond donors (Lipinski definition) is 2. The number of nitrogens with one attached hydrogen (secondary N) is 2. The normalized spacial score (nSPS) is 13.2. The third-order valence-electron chi connectivity index (χ3n) is 2.58. The summed E-state index contributed by atoms with van der Waals surface area (Å²) in [5.41, 5.74) is 0. The molecule has 0 fully saturated rings. The second-order valence-electron chi connectivity index (χ2n) is 4.83. The van der Waals surface area contributed by atoms with Crippen LogP contribution in [-0.2, 0) is 4.79 Å². The fourth-order valence-corrected chi connectivity index (χ4v) is 1.85. The van der Waals surface area contributed by atoms with Crippen LogP contribution in [0.15, 0.2) is 0 Å². The first-order valence-electron chi connectivity index (χ1n) is 6.57. The smallest absolute Gasteiger partial charge is 0.237 e. The molecule has 96 valence electrons. The highest BCUT2D eigenvalue weighted by molar-refractivity contribution is 5.81. The van der Waals surface area contributed by atoms with Gasteiger partial charge in [0, 0.05) is 12.1 Å². The molecule has 0 saturated heterocycles. The van der Waals surface area contributed by atoms with Crippen molar-refractivity contribution in [2.24, 2.45) is 0 Å². The maximum absolute atomic E-state index is 11.7. The fraction of sp³-hybridized carbons (Fsp3) is 0.923. The lowest BCUT2D eigenvalue weighted by Crippen LogP contribution is -2.48. The van der Waals surface area contributed by atoms with E-state index in [9.17, 15) is 4.79 Å². The number of carbonyl (C=O) groups excluding carboxylic acids is 1. The minimum Gasteiger partial charge on any atom is -0.353 e. The Hall–Kier alpha value is -0.570. The van der Waals surface area contributed by atoms with Gasteiger partial charge in [-0.25, -0.2) is 0 Å². The van der Waals surface area contributed by atoms with Crippen molar-refractivity contribution in [3.05, 3.63) is 0 Å². The molecule has 3 nitrogen and oxygen atoms in total. The van der Waals surface area contributed by atoms with Crippen LogP contribution >= 0.6 is 0 Å². The molecule has 0 saturated carbocycles. The summed E-state index contributed by atoms with van der Waals surface area (Å²) in [5.74, 6) is 0.104. The van der Waals surface area contributed by atoms with E-state index in [0.29, 0.717) is 6.04 Å². The van der Waals surface area contributed by atoms with E-state index < -0.39 is 0 Å². The molecular weight excluding hydrogens is 200 g/mol. The maximum atomic E-state index is 11.7. The Labute approximate surface area is 100 Å². The van der Waals surface area contributed by atoms with Crippen molar-refractivity contribution in [3.8, 4) is 0 Å². The van der Waals surface area contributed by atoms with Gasteiger partial charge >= 0.3 is 0 Å². The van der Waals surface area contributed by atoms with Crippen molar-refractivity contribution in [1.82, 2.24) is 10.6 Å². The molecule has 16 heavy (non-hydrogen) atoms. The number of rotatable bonds is 8. The SMILES string of the molecule is CCCC(CCC)NC(C)C(=O)NC(C)C. The van der Waals surface area contributed by atoms with Crippen molar-refractivity contribution >= 4 is 5.91 Å². The van der Waals surface area contributed by atoms with E-state index in [1.54, 1.807) is 0 Å². The number of amides is 1. The molecule has 0 radical (unpaired) electrons. The molecule has 0 aromatic rings. The van der Waals surface area contributed by atoms with Crippen molar-refractivity contribution in [1.29, 1.82) is 0 Å². The minimum atomic E-state index is -0.0921. The first-order chi connectivity index (χ1) is 7.51. The lowest BCUT2D eigenvalue weighted by atomic mass is 10.1.